The first-order valence-corrected chi connectivity index (χ1v) is 9.38. The van der Waals surface area contributed by atoms with Crippen molar-refractivity contribution >= 4 is 0 Å². The summed E-state index contributed by atoms with van der Waals surface area (Å²) < 4.78 is 17.3. The molecule has 1 saturated heterocycles. The Labute approximate surface area is 151 Å². The number of rotatable bonds is 8. The van der Waals surface area contributed by atoms with Gasteiger partial charge in [-0.25, -0.2) is 0 Å². The minimum Gasteiger partial charge on any atom is -0.497 e. The number of hydrogen-bond donors (Lipinski definition) is 0. The number of likely N-dealkylation sites (N-methyl/N-ethyl adjacent to an activating group) is 1. The lowest BCUT2D eigenvalue weighted by molar-refractivity contribution is -0.0883. The minimum atomic E-state index is 0.325. The van der Waals surface area contributed by atoms with Crippen LogP contribution in [0.15, 0.2) is 24.3 Å². The van der Waals surface area contributed by atoms with E-state index in [4.69, 9.17) is 14.2 Å². The Balaban J connectivity index is 1.52. The lowest BCUT2D eigenvalue weighted by Crippen LogP contribution is -2.50. The van der Waals surface area contributed by atoms with Crippen molar-refractivity contribution in [2.75, 3.05) is 54.1 Å². The van der Waals surface area contributed by atoms with Gasteiger partial charge in [-0.05, 0) is 44.6 Å². The zero-order valence-corrected chi connectivity index (χ0v) is 15.8. The molecule has 1 aromatic carbocycles. The molecule has 0 N–H and O–H groups in total. The van der Waals surface area contributed by atoms with Crippen LogP contribution in [0.3, 0.4) is 0 Å². The third-order valence-electron chi connectivity index (χ3n) is 5.39. The molecule has 2 aliphatic rings. The number of benzene rings is 1. The molecule has 3 rings (SSSR count). The summed E-state index contributed by atoms with van der Waals surface area (Å²) in [7, 11) is 5.87. The molecule has 1 aliphatic carbocycles. The average Bonchev–Trinajstić information content (AvgIpc) is 3.03. The van der Waals surface area contributed by atoms with Gasteiger partial charge in [0, 0.05) is 31.6 Å². The van der Waals surface area contributed by atoms with Crippen molar-refractivity contribution in [3.05, 3.63) is 29.8 Å². The predicted octanol–water partition coefficient (Wildman–Crippen LogP) is 2.25. The van der Waals surface area contributed by atoms with Crippen LogP contribution in [0.25, 0.3) is 0 Å². The van der Waals surface area contributed by atoms with E-state index in [1.807, 2.05) is 12.1 Å². The third kappa shape index (κ3) is 4.94. The Hall–Kier alpha value is -1.14. The van der Waals surface area contributed by atoms with Gasteiger partial charge in [-0.1, -0.05) is 12.1 Å². The van der Waals surface area contributed by atoms with Crippen LogP contribution in [0, 0.1) is 5.92 Å². The summed E-state index contributed by atoms with van der Waals surface area (Å²) in [6, 6.07) is 8.95. The fraction of sp³-hybridized carbons (Fsp3) is 0.700. The van der Waals surface area contributed by atoms with Crippen LogP contribution < -0.4 is 4.74 Å². The van der Waals surface area contributed by atoms with Gasteiger partial charge in [0.2, 0.25) is 0 Å². The van der Waals surface area contributed by atoms with Gasteiger partial charge in [0.1, 0.15) is 5.75 Å². The average molecular weight is 348 g/mol. The Morgan fingerprint density at radius 3 is 2.72 bits per heavy atom. The third-order valence-corrected chi connectivity index (χ3v) is 5.39. The van der Waals surface area contributed by atoms with Crippen molar-refractivity contribution < 1.29 is 14.2 Å². The Kier molecular flexibility index (Phi) is 6.70. The van der Waals surface area contributed by atoms with Crippen LogP contribution >= 0.6 is 0 Å². The second-order valence-corrected chi connectivity index (χ2v) is 7.44. The molecule has 1 aliphatic heterocycles. The number of methoxy groups -OCH3 is 1. The fourth-order valence-corrected chi connectivity index (χ4v) is 3.96. The van der Waals surface area contributed by atoms with Crippen molar-refractivity contribution in [2.45, 2.75) is 31.5 Å². The van der Waals surface area contributed by atoms with Crippen molar-refractivity contribution in [1.29, 1.82) is 0 Å². The molecule has 3 atom stereocenters. The molecule has 5 heteroatoms. The lowest BCUT2D eigenvalue weighted by atomic mass is 10.0. The maximum atomic E-state index is 6.15. The van der Waals surface area contributed by atoms with Gasteiger partial charge in [-0.15, -0.1) is 0 Å². The second-order valence-electron chi connectivity index (χ2n) is 7.44. The van der Waals surface area contributed by atoms with Gasteiger partial charge in [0.15, 0.2) is 0 Å². The summed E-state index contributed by atoms with van der Waals surface area (Å²) in [5.74, 6) is 1.45. The van der Waals surface area contributed by atoms with Gasteiger partial charge in [0.25, 0.3) is 0 Å². The van der Waals surface area contributed by atoms with E-state index in [0.717, 1.165) is 45.2 Å². The van der Waals surface area contributed by atoms with Crippen LogP contribution in [-0.2, 0) is 16.0 Å². The first kappa shape index (κ1) is 18.6. The van der Waals surface area contributed by atoms with E-state index >= 15 is 0 Å². The fourth-order valence-electron chi connectivity index (χ4n) is 3.96. The summed E-state index contributed by atoms with van der Waals surface area (Å²) in [4.78, 5) is 4.75. The number of morpholine rings is 1. The molecule has 0 spiro atoms. The number of nitrogens with zero attached hydrogens (tertiary/aromatic N) is 2. The number of fused-ring (bicyclic) bond motifs is 1. The molecule has 0 amide bonds. The summed E-state index contributed by atoms with van der Waals surface area (Å²) in [6.45, 7) is 5.43. The largest absolute Gasteiger partial charge is 0.497 e. The summed E-state index contributed by atoms with van der Waals surface area (Å²) in [5.41, 5.74) is 1.34. The van der Waals surface area contributed by atoms with E-state index in [-0.39, 0.29) is 0 Å². The van der Waals surface area contributed by atoms with E-state index in [2.05, 4.69) is 36.0 Å². The monoisotopic (exact) mass is 348 g/mol. The van der Waals surface area contributed by atoms with Crippen LogP contribution in [-0.4, -0.2) is 76.1 Å². The SMILES string of the molecule is COc1ccc(CN2CCO[C@@H]3[C@H](COCCN(C)C)CC[C@@H]32)cc1. The molecule has 0 radical (unpaired) electrons. The van der Waals surface area contributed by atoms with E-state index < -0.39 is 0 Å². The molecular formula is C20H32N2O3. The summed E-state index contributed by atoms with van der Waals surface area (Å²) >= 11 is 0. The van der Waals surface area contributed by atoms with E-state index in [0.29, 0.717) is 18.1 Å². The Morgan fingerprint density at radius 1 is 1.20 bits per heavy atom. The molecule has 5 nitrogen and oxygen atoms in total. The summed E-state index contributed by atoms with van der Waals surface area (Å²) in [6.07, 6.45) is 2.74. The first-order chi connectivity index (χ1) is 12.2. The molecule has 25 heavy (non-hydrogen) atoms. The van der Waals surface area contributed by atoms with Crippen molar-refractivity contribution in [3.8, 4) is 5.75 Å². The molecule has 1 aromatic rings. The highest BCUT2D eigenvalue weighted by molar-refractivity contribution is 5.27. The molecule has 2 fully saturated rings. The number of hydrogen-bond acceptors (Lipinski definition) is 5. The Bertz CT molecular complexity index is 520. The van der Waals surface area contributed by atoms with Crippen molar-refractivity contribution in [2.24, 2.45) is 5.92 Å². The predicted molar refractivity (Wildman–Crippen MR) is 99.0 cm³/mol. The van der Waals surface area contributed by atoms with E-state index in [1.54, 1.807) is 7.11 Å². The molecule has 1 saturated carbocycles. The molecule has 0 bridgehead atoms. The highest BCUT2D eigenvalue weighted by Crippen LogP contribution is 2.35. The van der Waals surface area contributed by atoms with Crippen LogP contribution in [0.4, 0.5) is 0 Å². The molecular weight excluding hydrogens is 316 g/mol. The normalized spacial score (nSPS) is 26.8. The van der Waals surface area contributed by atoms with Crippen LogP contribution in [0.1, 0.15) is 18.4 Å². The molecule has 140 valence electrons. The zero-order valence-electron chi connectivity index (χ0n) is 15.8. The molecule has 0 aromatic heterocycles. The molecule has 1 heterocycles. The maximum absolute atomic E-state index is 6.15. The van der Waals surface area contributed by atoms with Crippen molar-refractivity contribution in [1.82, 2.24) is 9.80 Å². The van der Waals surface area contributed by atoms with Gasteiger partial charge in [0.05, 0.1) is 33.0 Å². The van der Waals surface area contributed by atoms with Gasteiger partial charge >= 0.3 is 0 Å². The van der Waals surface area contributed by atoms with Gasteiger partial charge in [-0.3, -0.25) is 4.90 Å². The number of ether oxygens (including phenoxy) is 3. The lowest BCUT2D eigenvalue weighted by Gasteiger charge is -2.39. The first-order valence-electron chi connectivity index (χ1n) is 9.38. The Morgan fingerprint density at radius 2 is 2.00 bits per heavy atom. The van der Waals surface area contributed by atoms with Crippen LogP contribution in [0.5, 0.6) is 5.75 Å². The summed E-state index contributed by atoms with van der Waals surface area (Å²) in [5, 5.41) is 0. The highest BCUT2D eigenvalue weighted by Gasteiger charge is 2.42. The maximum Gasteiger partial charge on any atom is 0.118 e. The minimum absolute atomic E-state index is 0.325. The zero-order chi connectivity index (χ0) is 17.6. The quantitative estimate of drug-likeness (QED) is 0.673. The highest BCUT2D eigenvalue weighted by atomic mass is 16.5. The van der Waals surface area contributed by atoms with Crippen molar-refractivity contribution in [3.63, 3.8) is 0 Å². The second kappa shape index (κ2) is 8.99. The standard InChI is InChI=1S/C20H32N2O3/c1-21(2)10-12-24-15-17-6-9-19-20(17)25-13-11-22(19)14-16-4-7-18(23-3)8-5-16/h4-5,7-8,17,19-20H,6,9-15H2,1-3H3/t17-,19-,20+/m0/s1. The van der Waals surface area contributed by atoms with E-state index in [1.165, 1.54) is 18.4 Å². The topological polar surface area (TPSA) is 34.2 Å². The van der Waals surface area contributed by atoms with E-state index in [9.17, 15) is 0 Å². The van der Waals surface area contributed by atoms with Gasteiger partial charge < -0.3 is 19.1 Å². The molecule has 0 unspecified atom stereocenters. The smallest absolute Gasteiger partial charge is 0.118 e. The van der Waals surface area contributed by atoms with Gasteiger partial charge in [-0.2, -0.15) is 0 Å². The van der Waals surface area contributed by atoms with Crippen LogP contribution in [0.2, 0.25) is 0 Å².